The van der Waals surface area contributed by atoms with Crippen molar-refractivity contribution in [1.82, 2.24) is 15.2 Å². The van der Waals surface area contributed by atoms with Crippen LogP contribution < -0.4 is 5.73 Å². The monoisotopic (exact) mass is 214 g/mol. The summed E-state index contributed by atoms with van der Waals surface area (Å²) in [6.45, 7) is 0. The molecule has 3 rings (SSSR count). The molecule has 0 saturated heterocycles. The average Bonchev–Trinajstić information content (AvgIpc) is 2.73. The van der Waals surface area contributed by atoms with E-state index < -0.39 is 0 Å². The molecule has 0 radical (unpaired) electrons. The molecule has 0 spiro atoms. The second-order valence-corrected chi connectivity index (χ2v) is 4.27. The van der Waals surface area contributed by atoms with Gasteiger partial charge < -0.3 is 5.73 Å². The maximum Gasteiger partial charge on any atom is 0.0956 e. The molecule has 3 N–H and O–H groups in total. The number of nitrogens with two attached hydrogens (primary N) is 1. The normalized spacial score (nSPS) is 19.4. The molecule has 0 bridgehead atoms. The lowest BCUT2D eigenvalue weighted by molar-refractivity contribution is 0.570. The van der Waals surface area contributed by atoms with Crippen molar-refractivity contribution < 1.29 is 0 Å². The molecular weight excluding hydrogens is 200 g/mol. The number of nitrogens with one attached hydrogen (secondary N) is 1. The summed E-state index contributed by atoms with van der Waals surface area (Å²) < 4.78 is 0. The summed E-state index contributed by atoms with van der Waals surface area (Å²) in [4.78, 5) is 4.02. The second kappa shape index (κ2) is 3.72. The van der Waals surface area contributed by atoms with E-state index in [0.717, 1.165) is 30.5 Å². The minimum absolute atomic E-state index is 0.276. The molecule has 1 aliphatic rings. The first-order valence-corrected chi connectivity index (χ1v) is 5.56. The first-order valence-electron chi connectivity index (χ1n) is 5.56. The number of rotatable bonds is 1. The molecule has 0 fully saturated rings. The highest BCUT2D eigenvalue weighted by atomic mass is 15.1. The zero-order chi connectivity index (χ0) is 11.0. The number of aromatic nitrogens is 3. The molecule has 1 atom stereocenters. The Hall–Kier alpha value is -1.68. The SMILES string of the molecule is NC1CCc2c(-c3ccncc3)n[nH]c2C1. The minimum atomic E-state index is 0.276. The number of hydrogen-bond donors (Lipinski definition) is 2. The van der Waals surface area contributed by atoms with Crippen LogP contribution in [0.5, 0.6) is 0 Å². The quantitative estimate of drug-likeness (QED) is 0.751. The van der Waals surface area contributed by atoms with Gasteiger partial charge in [-0.15, -0.1) is 0 Å². The van der Waals surface area contributed by atoms with Crippen molar-refractivity contribution >= 4 is 0 Å². The molecule has 1 aliphatic carbocycles. The van der Waals surface area contributed by atoms with E-state index in [2.05, 4.69) is 15.2 Å². The summed E-state index contributed by atoms with van der Waals surface area (Å²) >= 11 is 0. The lowest BCUT2D eigenvalue weighted by Crippen LogP contribution is -2.27. The van der Waals surface area contributed by atoms with Gasteiger partial charge in [-0.05, 0) is 25.0 Å². The van der Waals surface area contributed by atoms with Crippen LogP contribution in [0.4, 0.5) is 0 Å². The Balaban J connectivity index is 2.04. The zero-order valence-corrected chi connectivity index (χ0v) is 8.98. The van der Waals surface area contributed by atoms with Crippen LogP contribution in [0.2, 0.25) is 0 Å². The second-order valence-electron chi connectivity index (χ2n) is 4.27. The molecule has 0 saturated carbocycles. The fourth-order valence-electron chi connectivity index (χ4n) is 2.28. The minimum Gasteiger partial charge on any atom is -0.327 e. The molecule has 2 heterocycles. The molecule has 0 aliphatic heterocycles. The molecule has 0 amide bonds. The van der Waals surface area contributed by atoms with E-state index in [1.807, 2.05) is 12.1 Å². The van der Waals surface area contributed by atoms with Crippen LogP contribution in [0, 0.1) is 0 Å². The van der Waals surface area contributed by atoms with E-state index >= 15 is 0 Å². The number of pyridine rings is 1. The molecule has 1 unspecified atom stereocenters. The Bertz CT molecular complexity index is 489. The van der Waals surface area contributed by atoms with Gasteiger partial charge in [-0.1, -0.05) is 0 Å². The summed E-state index contributed by atoms with van der Waals surface area (Å²) in [6.07, 6.45) is 6.57. The number of nitrogens with zero attached hydrogens (tertiary/aromatic N) is 2. The van der Waals surface area contributed by atoms with Crippen molar-refractivity contribution in [2.24, 2.45) is 5.73 Å². The third-order valence-electron chi connectivity index (χ3n) is 3.14. The molecule has 4 heteroatoms. The van der Waals surface area contributed by atoms with Crippen molar-refractivity contribution in [3.05, 3.63) is 35.8 Å². The third kappa shape index (κ3) is 1.51. The van der Waals surface area contributed by atoms with Crippen LogP contribution in [0.3, 0.4) is 0 Å². The lowest BCUT2D eigenvalue weighted by atomic mass is 9.91. The van der Waals surface area contributed by atoms with Crippen LogP contribution >= 0.6 is 0 Å². The summed E-state index contributed by atoms with van der Waals surface area (Å²) in [5.41, 5.74) is 10.7. The predicted octanol–water partition coefficient (Wildman–Crippen LogP) is 1.29. The Morgan fingerprint density at radius 2 is 2.12 bits per heavy atom. The van der Waals surface area contributed by atoms with Gasteiger partial charge in [0.2, 0.25) is 0 Å². The highest BCUT2D eigenvalue weighted by Crippen LogP contribution is 2.28. The fraction of sp³-hybridized carbons (Fsp3) is 0.333. The maximum absolute atomic E-state index is 5.94. The molecule has 82 valence electrons. The maximum atomic E-state index is 5.94. The smallest absolute Gasteiger partial charge is 0.0956 e. The van der Waals surface area contributed by atoms with Gasteiger partial charge in [0.1, 0.15) is 0 Å². The zero-order valence-electron chi connectivity index (χ0n) is 8.98. The van der Waals surface area contributed by atoms with Crippen molar-refractivity contribution in [3.63, 3.8) is 0 Å². The Morgan fingerprint density at radius 3 is 2.94 bits per heavy atom. The molecule has 0 aromatic carbocycles. The van der Waals surface area contributed by atoms with Gasteiger partial charge in [-0.2, -0.15) is 5.10 Å². The van der Waals surface area contributed by atoms with Gasteiger partial charge in [0, 0.05) is 41.7 Å². The first kappa shape index (κ1) is 9.54. The first-order chi connectivity index (χ1) is 7.84. The Morgan fingerprint density at radius 1 is 1.31 bits per heavy atom. The number of aromatic amines is 1. The molecule has 2 aromatic heterocycles. The summed E-state index contributed by atoms with van der Waals surface area (Å²) in [5.74, 6) is 0. The van der Waals surface area contributed by atoms with Crippen molar-refractivity contribution in [2.45, 2.75) is 25.3 Å². The van der Waals surface area contributed by atoms with E-state index in [1.165, 1.54) is 11.3 Å². The van der Waals surface area contributed by atoms with Crippen molar-refractivity contribution in [3.8, 4) is 11.3 Å². The average molecular weight is 214 g/mol. The number of hydrogen-bond acceptors (Lipinski definition) is 3. The summed E-state index contributed by atoms with van der Waals surface area (Å²) in [5, 5.41) is 7.50. The van der Waals surface area contributed by atoms with Crippen LogP contribution in [0.1, 0.15) is 17.7 Å². The highest BCUT2D eigenvalue weighted by molar-refractivity contribution is 5.63. The number of H-pyrrole nitrogens is 1. The van der Waals surface area contributed by atoms with E-state index in [0.29, 0.717) is 0 Å². The molecule has 4 nitrogen and oxygen atoms in total. The van der Waals surface area contributed by atoms with Gasteiger partial charge in [0.05, 0.1) is 5.69 Å². The van der Waals surface area contributed by atoms with E-state index in [9.17, 15) is 0 Å². The highest BCUT2D eigenvalue weighted by Gasteiger charge is 2.21. The van der Waals surface area contributed by atoms with Gasteiger partial charge in [-0.25, -0.2) is 0 Å². The number of fused-ring (bicyclic) bond motifs is 1. The summed E-state index contributed by atoms with van der Waals surface area (Å²) in [6, 6.07) is 4.26. The van der Waals surface area contributed by atoms with Crippen LogP contribution in [-0.4, -0.2) is 21.2 Å². The van der Waals surface area contributed by atoms with Gasteiger partial charge in [-0.3, -0.25) is 10.1 Å². The van der Waals surface area contributed by atoms with E-state index in [1.54, 1.807) is 12.4 Å². The summed E-state index contributed by atoms with van der Waals surface area (Å²) in [7, 11) is 0. The largest absolute Gasteiger partial charge is 0.327 e. The fourth-order valence-corrected chi connectivity index (χ4v) is 2.28. The van der Waals surface area contributed by atoms with E-state index in [-0.39, 0.29) is 6.04 Å². The standard InChI is InChI=1S/C12H14N4/c13-9-1-2-10-11(7-9)15-16-12(10)8-3-5-14-6-4-8/h3-6,9H,1-2,7,13H2,(H,15,16). The molecule has 2 aromatic rings. The van der Waals surface area contributed by atoms with Crippen LogP contribution in [0.25, 0.3) is 11.3 Å². The topological polar surface area (TPSA) is 67.6 Å². The van der Waals surface area contributed by atoms with Crippen LogP contribution in [0.15, 0.2) is 24.5 Å². The van der Waals surface area contributed by atoms with Gasteiger partial charge in [0.15, 0.2) is 0 Å². The van der Waals surface area contributed by atoms with Gasteiger partial charge in [0.25, 0.3) is 0 Å². The van der Waals surface area contributed by atoms with Crippen molar-refractivity contribution in [1.29, 1.82) is 0 Å². The molecular formula is C12H14N4. The lowest BCUT2D eigenvalue weighted by Gasteiger charge is -2.17. The van der Waals surface area contributed by atoms with Gasteiger partial charge >= 0.3 is 0 Å². The molecule has 16 heavy (non-hydrogen) atoms. The predicted molar refractivity (Wildman–Crippen MR) is 61.8 cm³/mol. The van der Waals surface area contributed by atoms with E-state index in [4.69, 9.17) is 5.73 Å². The Labute approximate surface area is 93.9 Å². The third-order valence-corrected chi connectivity index (χ3v) is 3.14. The van der Waals surface area contributed by atoms with Crippen molar-refractivity contribution in [2.75, 3.05) is 0 Å². The van der Waals surface area contributed by atoms with Crippen LogP contribution in [-0.2, 0) is 12.8 Å². The Kier molecular flexibility index (Phi) is 2.22.